The molecule has 2 amide bonds. The Hall–Kier alpha value is -1.53. The van der Waals surface area contributed by atoms with Gasteiger partial charge in [0.1, 0.15) is 0 Å². The first-order valence-corrected chi connectivity index (χ1v) is 9.03. The van der Waals surface area contributed by atoms with Crippen molar-refractivity contribution in [3.63, 3.8) is 0 Å². The zero-order valence-corrected chi connectivity index (χ0v) is 14.9. The average Bonchev–Trinajstić information content (AvgIpc) is 2.55. The molecule has 5 nitrogen and oxygen atoms in total. The summed E-state index contributed by atoms with van der Waals surface area (Å²) in [6.45, 7) is 6.59. The third-order valence-electron chi connectivity index (χ3n) is 3.96. The molecular weight excluding hydrogens is 310 g/mol. The summed E-state index contributed by atoms with van der Waals surface area (Å²) in [5.74, 6) is 1.03. The molecule has 0 aromatic heterocycles. The highest BCUT2D eigenvalue weighted by atomic mass is 32.2. The molecule has 0 unspecified atom stereocenters. The van der Waals surface area contributed by atoms with Gasteiger partial charge in [-0.25, -0.2) is 0 Å². The normalized spacial score (nSPS) is 13.8. The fourth-order valence-electron chi connectivity index (χ4n) is 2.71. The van der Waals surface area contributed by atoms with Gasteiger partial charge in [0, 0.05) is 30.3 Å². The Morgan fingerprint density at radius 2 is 1.87 bits per heavy atom. The van der Waals surface area contributed by atoms with Crippen molar-refractivity contribution in [2.24, 2.45) is 0 Å². The molecule has 1 aliphatic rings. The largest absolute Gasteiger partial charge is 0.342 e. The zero-order chi connectivity index (χ0) is 16.8. The summed E-state index contributed by atoms with van der Waals surface area (Å²) < 4.78 is 0. The van der Waals surface area contributed by atoms with Crippen LogP contribution in [0.4, 0.5) is 5.69 Å². The summed E-state index contributed by atoms with van der Waals surface area (Å²) in [5.41, 5.74) is 0.984. The van der Waals surface area contributed by atoms with Crippen LogP contribution in [-0.4, -0.2) is 67.1 Å². The number of amides is 2. The average molecular weight is 335 g/mol. The molecule has 23 heavy (non-hydrogen) atoms. The number of carbonyl (C=O) groups excluding carboxylic acids is 2. The first kappa shape index (κ1) is 17.8. The van der Waals surface area contributed by atoms with Crippen LogP contribution < -0.4 is 4.90 Å². The molecule has 0 radical (unpaired) electrons. The third-order valence-corrected chi connectivity index (χ3v) is 5.00. The van der Waals surface area contributed by atoms with E-state index >= 15 is 0 Å². The molecule has 1 aliphatic heterocycles. The SMILES string of the molecule is CCN(CC)C(=O)CN(C)CC(=O)N1CCSc2ccccc21. The number of para-hydroxylation sites is 1. The van der Waals surface area contributed by atoms with Crippen LogP contribution in [0.3, 0.4) is 0 Å². The quantitative estimate of drug-likeness (QED) is 0.797. The number of fused-ring (bicyclic) bond motifs is 1. The van der Waals surface area contributed by atoms with Crippen molar-refractivity contribution in [2.45, 2.75) is 18.7 Å². The summed E-state index contributed by atoms with van der Waals surface area (Å²) in [4.78, 5) is 31.3. The summed E-state index contributed by atoms with van der Waals surface area (Å²) in [6, 6.07) is 7.99. The van der Waals surface area contributed by atoms with E-state index in [1.165, 1.54) is 0 Å². The molecule has 2 rings (SSSR count). The maximum atomic E-state index is 12.6. The molecule has 0 bridgehead atoms. The fraction of sp³-hybridized carbons (Fsp3) is 0.529. The number of carbonyl (C=O) groups is 2. The molecule has 0 fully saturated rings. The van der Waals surface area contributed by atoms with E-state index in [1.807, 2.05) is 50.1 Å². The number of anilines is 1. The van der Waals surface area contributed by atoms with E-state index in [1.54, 1.807) is 21.6 Å². The number of hydrogen-bond donors (Lipinski definition) is 0. The van der Waals surface area contributed by atoms with E-state index < -0.39 is 0 Å². The highest BCUT2D eigenvalue weighted by molar-refractivity contribution is 7.99. The highest BCUT2D eigenvalue weighted by Gasteiger charge is 2.24. The Morgan fingerprint density at radius 1 is 1.17 bits per heavy atom. The second-order valence-corrected chi connectivity index (χ2v) is 6.74. The number of benzene rings is 1. The molecule has 1 heterocycles. The van der Waals surface area contributed by atoms with Crippen LogP contribution in [0.2, 0.25) is 0 Å². The Morgan fingerprint density at radius 3 is 2.57 bits per heavy atom. The number of likely N-dealkylation sites (N-methyl/N-ethyl adjacent to an activating group) is 2. The summed E-state index contributed by atoms with van der Waals surface area (Å²) >= 11 is 1.78. The Balaban J connectivity index is 1.96. The summed E-state index contributed by atoms with van der Waals surface area (Å²) in [6.07, 6.45) is 0. The van der Waals surface area contributed by atoms with Gasteiger partial charge in [-0.3, -0.25) is 14.5 Å². The van der Waals surface area contributed by atoms with Gasteiger partial charge in [0.05, 0.1) is 18.8 Å². The lowest BCUT2D eigenvalue weighted by Crippen LogP contribution is -2.45. The highest BCUT2D eigenvalue weighted by Crippen LogP contribution is 2.34. The van der Waals surface area contributed by atoms with Crippen LogP contribution in [0, 0.1) is 0 Å². The molecule has 0 saturated carbocycles. The van der Waals surface area contributed by atoms with E-state index in [2.05, 4.69) is 0 Å². The maximum Gasteiger partial charge on any atom is 0.241 e. The molecule has 0 saturated heterocycles. The van der Waals surface area contributed by atoms with Crippen molar-refractivity contribution in [1.82, 2.24) is 9.80 Å². The molecule has 0 atom stereocenters. The summed E-state index contributed by atoms with van der Waals surface area (Å²) in [5, 5.41) is 0. The van der Waals surface area contributed by atoms with Crippen molar-refractivity contribution in [3.05, 3.63) is 24.3 Å². The minimum absolute atomic E-state index is 0.0487. The van der Waals surface area contributed by atoms with Crippen LogP contribution >= 0.6 is 11.8 Å². The van der Waals surface area contributed by atoms with Crippen molar-refractivity contribution < 1.29 is 9.59 Å². The first-order valence-electron chi connectivity index (χ1n) is 8.05. The van der Waals surface area contributed by atoms with E-state index in [9.17, 15) is 9.59 Å². The van der Waals surface area contributed by atoms with Gasteiger partial charge in [-0.05, 0) is 33.0 Å². The minimum Gasteiger partial charge on any atom is -0.342 e. The topological polar surface area (TPSA) is 43.9 Å². The molecule has 1 aromatic carbocycles. The lowest BCUT2D eigenvalue weighted by atomic mass is 10.2. The predicted octanol–water partition coefficient (Wildman–Crippen LogP) is 1.93. The Kier molecular flexibility index (Phi) is 6.47. The van der Waals surface area contributed by atoms with Gasteiger partial charge in [-0.2, -0.15) is 0 Å². The second kappa shape index (κ2) is 8.36. The Bertz CT molecular complexity index is 561. The predicted molar refractivity (Wildman–Crippen MR) is 94.9 cm³/mol. The van der Waals surface area contributed by atoms with Crippen LogP contribution in [0.5, 0.6) is 0 Å². The smallest absolute Gasteiger partial charge is 0.241 e. The van der Waals surface area contributed by atoms with Gasteiger partial charge in [0.2, 0.25) is 11.8 Å². The molecular formula is C17H25N3O2S. The maximum absolute atomic E-state index is 12.6. The molecule has 0 aliphatic carbocycles. The molecule has 0 spiro atoms. The third kappa shape index (κ3) is 4.48. The van der Waals surface area contributed by atoms with Crippen molar-refractivity contribution in [1.29, 1.82) is 0 Å². The minimum atomic E-state index is 0.0487. The lowest BCUT2D eigenvalue weighted by Gasteiger charge is -2.30. The van der Waals surface area contributed by atoms with Gasteiger partial charge < -0.3 is 9.80 Å². The summed E-state index contributed by atoms with van der Waals surface area (Å²) in [7, 11) is 1.82. The van der Waals surface area contributed by atoms with E-state index in [4.69, 9.17) is 0 Å². The first-order chi connectivity index (χ1) is 11.1. The van der Waals surface area contributed by atoms with E-state index in [0.29, 0.717) is 13.1 Å². The zero-order valence-electron chi connectivity index (χ0n) is 14.1. The van der Waals surface area contributed by atoms with Crippen LogP contribution in [0.25, 0.3) is 0 Å². The van der Waals surface area contributed by atoms with E-state index in [0.717, 1.165) is 22.9 Å². The van der Waals surface area contributed by atoms with Crippen molar-refractivity contribution in [3.8, 4) is 0 Å². The number of rotatable bonds is 6. The second-order valence-electron chi connectivity index (χ2n) is 5.60. The van der Waals surface area contributed by atoms with Gasteiger partial charge in [0.15, 0.2) is 0 Å². The van der Waals surface area contributed by atoms with Gasteiger partial charge in [-0.1, -0.05) is 12.1 Å². The fourth-order valence-corrected chi connectivity index (χ4v) is 3.70. The lowest BCUT2D eigenvalue weighted by molar-refractivity contribution is -0.132. The van der Waals surface area contributed by atoms with Gasteiger partial charge in [0.25, 0.3) is 0 Å². The Labute approximate surface area is 142 Å². The van der Waals surface area contributed by atoms with Gasteiger partial charge >= 0.3 is 0 Å². The van der Waals surface area contributed by atoms with E-state index in [-0.39, 0.29) is 24.9 Å². The monoisotopic (exact) mass is 335 g/mol. The molecule has 126 valence electrons. The van der Waals surface area contributed by atoms with Crippen LogP contribution in [0.15, 0.2) is 29.2 Å². The van der Waals surface area contributed by atoms with Gasteiger partial charge in [-0.15, -0.1) is 11.8 Å². The van der Waals surface area contributed by atoms with Crippen molar-refractivity contribution >= 4 is 29.3 Å². The van der Waals surface area contributed by atoms with Crippen molar-refractivity contribution in [2.75, 3.05) is 50.4 Å². The number of thioether (sulfide) groups is 1. The number of nitrogens with zero attached hydrogens (tertiary/aromatic N) is 3. The number of hydrogen-bond acceptors (Lipinski definition) is 4. The van der Waals surface area contributed by atoms with Crippen LogP contribution in [-0.2, 0) is 9.59 Å². The molecule has 0 N–H and O–H groups in total. The molecule has 6 heteroatoms. The standard InChI is InChI=1S/C17H25N3O2S/c1-4-19(5-2)16(21)12-18(3)13-17(22)20-10-11-23-15-9-7-6-8-14(15)20/h6-9H,4-5,10-13H2,1-3H3. The van der Waals surface area contributed by atoms with Crippen LogP contribution in [0.1, 0.15) is 13.8 Å². The molecule has 1 aromatic rings.